The van der Waals surface area contributed by atoms with Crippen LogP contribution in [0.25, 0.3) is 21.3 Å². The van der Waals surface area contributed by atoms with Crippen molar-refractivity contribution in [3.8, 4) is 22.8 Å². The lowest BCUT2D eigenvalue weighted by Gasteiger charge is -2.20. The van der Waals surface area contributed by atoms with Gasteiger partial charge in [-0.25, -0.2) is 14.4 Å². The van der Waals surface area contributed by atoms with Crippen LogP contribution in [0.3, 0.4) is 0 Å². The maximum atomic E-state index is 14.4. The highest BCUT2D eigenvalue weighted by molar-refractivity contribution is 7.22. The predicted octanol–water partition coefficient (Wildman–Crippen LogP) is 5.48. The number of fused-ring (bicyclic) bond motifs is 1. The molecule has 0 spiro atoms. The number of thiazole rings is 1. The van der Waals surface area contributed by atoms with Crippen molar-refractivity contribution in [2.24, 2.45) is 0 Å². The van der Waals surface area contributed by atoms with E-state index in [-0.39, 0.29) is 11.4 Å². The second-order valence-electron chi connectivity index (χ2n) is 7.41. The van der Waals surface area contributed by atoms with E-state index >= 15 is 0 Å². The Morgan fingerprint density at radius 1 is 1.17 bits per heavy atom. The first kappa shape index (κ1) is 24.2. The fourth-order valence-electron chi connectivity index (χ4n) is 3.56. The van der Waals surface area contributed by atoms with E-state index in [1.54, 1.807) is 12.1 Å². The van der Waals surface area contributed by atoms with Crippen molar-refractivity contribution in [3.63, 3.8) is 0 Å². The number of hydrogen-bond donors (Lipinski definition) is 2. The summed E-state index contributed by atoms with van der Waals surface area (Å²) in [5.74, 6) is -2.45. The molecule has 182 valence electrons. The molecular formula is C23H18F4N4O3S. The number of carbonyl (C=O) groups is 1. The van der Waals surface area contributed by atoms with Gasteiger partial charge < -0.3 is 20.5 Å². The summed E-state index contributed by atoms with van der Waals surface area (Å²) >= 11 is 1.31. The zero-order chi connectivity index (χ0) is 25.3. The van der Waals surface area contributed by atoms with Crippen molar-refractivity contribution in [2.75, 3.05) is 12.8 Å². The van der Waals surface area contributed by atoms with Gasteiger partial charge in [0.2, 0.25) is 5.88 Å². The van der Waals surface area contributed by atoms with Crippen LogP contribution >= 0.6 is 11.3 Å². The van der Waals surface area contributed by atoms with Gasteiger partial charge in [-0.3, -0.25) is 4.79 Å². The number of anilines is 1. The molecule has 1 atom stereocenters. The Morgan fingerprint density at radius 2 is 1.94 bits per heavy atom. The molecule has 3 N–H and O–H groups in total. The molecule has 1 amide bonds. The van der Waals surface area contributed by atoms with Crippen molar-refractivity contribution in [1.82, 2.24) is 15.3 Å². The number of carbonyl (C=O) groups excluding carboxylic acids is 1. The zero-order valence-electron chi connectivity index (χ0n) is 18.3. The first-order chi connectivity index (χ1) is 16.6. The van der Waals surface area contributed by atoms with Gasteiger partial charge in [0, 0.05) is 11.8 Å². The normalized spacial score (nSPS) is 12.4. The van der Waals surface area contributed by atoms with Crippen LogP contribution in [-0.2, 0) is 0 Å². The third-order valence-corrected chi connectivity index (χ3v) is 5.89. The average molecular weight is 506 g/mol. The quantitative estimate of drug-likeness (QED) is 0.336. The number of ether oxygens (including phenoxy) is 2. The van der Waals surface area contributed by atoms with Crippen LogP contribution in [0.5, 0.6) is 11.6 Å². The number of nitrogens with two attached hydrogens (primary N) is 1. The number of nitrogen functional groups attached to an aromatic ring is 1. The lowest BCUT2D eigenvalue weighted by molar-refractivity contribution is -0.275. The molecule has 0 aliphatic carbocycles. The number of methoxy groups -OCH3 is 1. The zero-order valence-corrected chi connectivity index (χ0v) is 19.1. The molecule has 0 saturated heterocycles. The molecule has 0 aliphatic heterocycles. The van der Waals surface area contributed by atoms with Gasteiger partial charge in [0.25, 0.3) is 5.91 Å². The molecule has 0 aliphatic rings. The number of nitrogens with one attached hydrogen (secondary N) is 1. The minimum absolute atomic E-state index is 0.00962. The second kappa shape index (κ2) is 9.37. The summed E-state index contributed by atoms with van der Waals surface area (Å²) in [7, 11) is 1.32. The van der Waals surface area contributed by atoms with Crippen molar-refractivity contribution >= 4 is 32.6 Å². The highest BCUT2D eigenvalue weighted by Gasteiger charge is 2.34. The Balaban J connectivity index is 1.65. The largest absolute Gasteiger partial charge is 0.573 e. The number of alkyl halides is 3. The molecule has 12 heteroatoms. The van der Waals surface area contributed by atoms with E-state index in [0.29, 0.717) is 10.7 Å². The summed E-state index contributed by atoms with van der Waals surface area (Å²) < 4.78 is 62.7. The van der Waals surface area contributed by atoms with Crippen LogP contribution < -0.4 is 20.5 Å². The van der Waals surface area contributed by atoms with E-state index in [1.165, 1.54) is 37.6 Å². The molecule has 4 rings (SSSR count). The number of halogens is 4. The second-order valence-corrected chi connectivity index (χ2v) is 8.47. The molecule has 0 radical (unpaired) electrons. The first-order valence-corrected chi connectivity index (χ1v) is 10.9. The molecule has 2 heterocycles. The summed E-state index contributed by atoms with van der Waals surface area (Å²) in [6.07, 6.45) is -3.52. The van der Waals surface area contributed by atoms with Gasteiger partial charge in [-0.2, -0.15) is 0 Å². The smallest absolute Gasteiger partial charge is 0.480 e. The molecule has 2 aromatic carbocycles. The molecule has 0 bridgehead atoms. The first-order valence-electron chi connectivity index (χ1n) is 10.1. The molecule has 4 aromatic rings. The molecule has 35 heavy (non-hydrogen) atoms. The number of benzene rings is 2. The monoisotopic (exact) mass is 506 g/mol. The van der Waals surface area contributed by atoms with Crippen LogP contribution in [-0.4, -0.2) is 29.3 Å². The molecular weight excluding hydrogens is 488 g/mol. The standard InChI is InChI=1S/C23H18F4N4O3S/c1-11(19-15(24)4-3-5-17(19)34-23(25,26)27)30-20(32)14-8-13(10-29-21(14)33-2)12-6-7-16-18(9-12)35-22(28)31-16/h3-11H,1-2H3,(H2,28,31)(H,30,32). The number of nitrogens with zero attached hydrogens (tertiary/aromatic N) is 2. The van der Waals surface area contributed by atoms with Crippen LogP contribution in [0, 0.1) is 5.82 Å². The Bertz CT molecular complexity index is 1410. The SMILES string of the molecule is COc1ncc(-c2ccc3nc(N)sc3c2)cc1C(=O)NC(C)c1c(F)cccc1OC(F)(F)F. The van der Waals surface area contributed by atoms with Crippen LogP contribution in [0.4, 0.5) is 22.7 Å². The summed E-state index contributed by atoms with van der Waals surface area (Å²) in [5, 5.41) is 2.91. The van der Waals surface area contributed by atoms with Gasteiger partial charge >= 0.3 is 6.36 Å². The van der Waals surface area contributed by atoms with Crippen molar-refractivity contribution < 1.29 is 31.8 Å². The highest BCUT2D eigenvalue weighted by Crippen LogP contribution is 2.34. The summed E-state index contributed by atoms with van der Waals surface area (Å²) in [6.45, 7) is 1.34. The van der Waals surface area contributed by atoms with E-state index in [0.717, 1.165) is 34.0 Å². The Labute approximate surface area is 200 Å². The lowest BCUT2D eigenvalue weighted by atomic mass is 10.0. The predicted molar refractivity (Wildman–Crippen MR) is 123 cm³/mol. The minimum atomic E-state index is -5.03. The number of pyridine rings is 1. The molecule has 0 saturated carbocycles. The van der Waals surface area contributed by atoms with E-state index in [9.17, 15) is 22.4 Å². The summed E-state index contributed by atoms with van der Waals surface area (Å²) in [6, 6.07) is 8.79. The van der Waals surface area contributed by atoms with Gasteiger partial charge in [-0.05, 0) is 42.8 Å². The third-order valence-electron chi connectivity index (χ3n) is 5.05. The lowest BCUT2D eigenvalue weighted by Crippen LogP contribution is -2.29. The number of aromatic nitrogens is 2. The van der Waals surface area contributed by atoms with Crippen LogP contribution in [0.2, 0.25) is 0 Å². The van der Waals surface area contributed by atoms with E-state index in [1.807, 2.05) is 6.07 Å². The Kier molecular flexibility index (Phi) is 6.48. The van der Waals surface area contributed by atoms with Gasteiger partial charge in [-0.1, -0.05) is 23.5 Å². The van der Waals surface area contributed by atoms with Crippen LogP contribution in [0.1, 0.15) is 28.9 Å². The topological polar surface area (TPSA) is 99.4 Å². The average Bonchev–Trinajstić information content (AvgIpc) is 3.16. The van der Waals surface area contributed by atoms with Gasteiger partial charge in [0.15, 0.2) is 5.13 Å². The van der Waals surface area contributed by atoms with Crippen molar-refractivity contribution in [1.29, 1.82) is 0 Å². The summed E-state index contributed by atoms with van der Waals surface area (Å²) in [4.78, 5) is 21.5. The number of hydrogen-bond acceptors (Lipinski definition) is 7. The maximum Gasteiger partial charge on any atom is 0.573 e. The van der Waals surface area contributed by atoms with Gasteiger partial charge in [0.05, 0.1) is 28.9 Å². The van der Waals surface area contributed by atoms with E-state index in [4.69, 9.17) is 10.5 Å². The van der Waals surface area contributed by atoms with Crippen molar-refractivity contribution in [2.45, 2.75) is 19.3 Å². The van der Waals surface area contributed by atoms with E-state index < -0.39 is 35.4 Å². The number of amides is 1. The molecule has 1 unspecified atom stereocenters. The molecule has 7 nitrogen and oxygen atoms in total. The summed E-state index contributed by atoms with van der Waals surface area (Å²) in [5.41, 5.74) is 7.35. The minimum Gasteiger partial charge on any atom is -0.480 e. The Hall–Kier alpha value is -3.93. The van der Waals surface area contributed by atoms with Gasteiger partial charge in [0.1, 0.15) is 17.1 Å². The van der Waals surface area contributed by atoms with Crippen molar-refractivity contribution in [3.05, 3.63) is 65.6 Å². The van der Waals surface area contributed by atoms with E-state index in [2.05, 4.69) is 20.0 Å². The number of rotatable bonds is 6. The highest BCUT2D eigenvalue weighted by atomic mass is 32.1. The maximum absolute atomic E-state index is 14.4. The van der Waals surface area contributed by atoms with Crippen LogP contribution in [0.15, 0.2) is 48.7 Å². The fraction of sp³-hybridized carbons (Fsp3) is 0.174. The molecule has 0 fully saturated rings. The van der Waals surface area contributed by atoms with Gasteiger partial charge in [-0.15, -0.1) is 13.2 Å². The Morgan fingerprint density at radius 3 is 2.66 bits per heavy atom. The third kappa shape index (κ3) is 5.27. The molecule has 2 aromatic heterocycles. The fourth-order valence-corrected chi connectivity index (χ4v) is 4.33.